The molecule has 0 bridgehead atoms. The molecule has 10 heteroatoms. The van der Waals surface area contributed by atoms with E-state index in [9.17, 15) is 27.2 Å². The minimum Gasteiger partial charge on any atom is -0.442 e. The number of hydrogen-bond donors (Lipinski definition) is 2. The summed E-state index contributed by atoms with van der Waals surface area (Å²) >= 11 is 0. The van der Waals surface area contributed by atoms with Crippen LogP contribution >= 0.6 is 0 Å². The summed E-state index contributed by atoms with van der Waals surface area (Å²) in [5.41, 5.74) is 2.04. The standard InChI is InChI=1S/C22H23F4N3O3/c1-14(30)28-12-18-13-29(21(31)32-18)17-6-7-19(20(23)10-17)16-4-2-15(3-5-16)11-27-9-8-22(24,25)26/h2-7,10,18,27H,8-9,11-13H2,1H3,(H,28,30)/t18-/m0/s1. The minimum absolute atomic E-state index is 0.175. The van der Waals surface area contributed by atoms with Gasteiger partial charge in [-0.3, -0.25) is 9.69 Å². The topological polar surface area (TPSA) is 70.7 Å². The molecule has 6 nitrogen and oxygen atoms in total. The van der Waals surface area contributed by atoms with Crippen LogP contribution in [0.5, 0.6) is 0 Å². The lowest BCUT2D eigenvalue weighted by molar-refractivity contribution is -0.133. The van der Waals surface area contributed by atoms with E-state index in [4.69, 9.17) is 4.74 Å². The Morgan fingerprint density at radius 3 is 2.53 bits per heavy atom. The third-order valence-electron chi connectivity index (χ3n) is 4.90. The maximum absolute atomic E-state index is 14.8. The van der Waals surface area contributed by atoms with Gasteiger partial charge in [0.25, 0.3) is 0 Å². The molecule has 1 saturated heterocycles. The van der Waals surface area contributed by atoms with Crippen molar-refractivity contribution >= 4 is 17.7 Å². The zero-order chi connectivity index (χ0) is 23.3. The van der Waals surface area contributed by atoms with Gasteiger partial charge in [-0.05, 0) is 29.3 Å². The van der Waals surface area contributed by atoms with E-state index in [0.717, 1.165) is 5.56 Å². The van der Waals surface area contributed by atoms with E-state index in [2.05, 4.69) is 10.6 Å². The van der Waals surface area contributed by atoms with E-state index in [0.29, 0.717) is 16.8 Å². The van der Waals surface area contributed by atoms with Crippen molar-refractivity contribution in [2.24, 2.45) is 0 Å². The number of carbonyl (C=O) groups is 2. The Kier molecular flexibility index (Phi) is 7.34. The van der Waals surface area contributed by atoms with Crippen LogP contribution in [0.3, 0.4) is 0 Å². The highest BCUT2D eigenvalue weighted by molar-refractivity contribution is 5.90. The number of hydrogen-bond acceptors (Lipinski definition) is 4. The summed E-state index contributed by atoms with van der Waals surface area (Å²) in [6.07, 6.45) is -6.24. The molecule has 1 atom stereocenters. The summed E-state index contributed by atoms with van der Waals surface area (Å²) in [5, 5.41) is 5.30. The van der Waals surface area contributed by atoms with Gasteiger partial charge in [-0.1, -0.05) is 24.3 Å². The van der Waals surface area contributed by atoms with Crippen molar-refractivity contribution in [1.29, 1.82) is 0 Å². The number of halogens is 4. The van der Waals surface area contributed by atoms with Crippen molar-refractivity contribution in [2.45, 2.75) is 32.2 Å². The predicted octanol–water partition coefficient (Wildman–Crippen LogP) is 4.00. The summed E-state index contributed by atoms with van der Waals surface area (Å²) in [5.74, 6) is -0.769. The third-order valence-corrected chi connectivity index (χ3v) is 4.90. The SMILES string of the molecule is CC(=O)NC[C@H]1CN(c2ccc(-c3ccc(CNCCC(F)(F)F)cc3)c(F)c2)C(=O)O1. The monoisotopic (exact) mass is 453 g/mol. The fourth-order valence-corrected chi connectivity index (χ4v) is 3.27. The van der Waals surface area contributed by atoms with Crippen LogP contribution < -0.4 is 15.5 Å². The molecule has 172 valence electrons. The Bertz CT molecular complexity index is 964. The van der Waals surface area contributed by atoms with E-state index in [-0.39, 0.29) is 32.1 Å². The highest BCUT2D eigenvalue weighted by atomic mass is 19.4. The molecule has 1 aliphatic heterocycles. The van der Waals surface area contributed by atoms with Crippen LogP contribution in [-0.2, 0) is 16.1 Å². The lowest BCUT2D eigenvalue weighted by Crippen LogP contribution is -2.33. The molecule has 0 aliphatic carbocycles. The van der Waals surface area contributed by atoms with Gasteiger partial charge in [-0.2, -0.15) is 13.2 Å². The Hall–Kier alpha value is -3.14. The molecule has 2 aromatic carbocycles. The van der Waals surface area contributed by atoms with Gasteiger partial charge in [-0.15, -0.1) is 0 Å². The molecule has 32 heavy (non-hydrogen) atoms. The second-order valence-electron chi connectivity index (χ2n) is 7.46. The number of benzene rings is 2. The zero-order valence-corrected chi connectivity index (χ0v) is 17.3. The Labute approximate surface area is 182 Å². The second kappa shape index (κ2) is 9.99. The predicted molar refractivity (Wildman–Crippen MR) is 111 cm³/mol. The average Bonchev–Trinajstić information content (AvgIpc) is 3.10. The molecule has 2 N–H and O–H groups in total. The van der Waals surface area contributed by atoms with Crippen molar-refractivity contribution in [1.82, 2.24) is 10.6 Å². The first-order valence-electron chi connectivity index (χ1n) is 10.0. The van der Waals surface area contributed by atoms with E-state index < -0.39 is 30.6 Å². The summed E-state index contributed by atoms with van der Waals surface area (Å²) in [4.78, 5) is 24.4. The van der Waals surface area contributed by atoms with E-state index in [1.54, 1.807) is 36.4 Å². The number of anilines is 1. The van der Waals surface area contributed by atoms with Crippen LogP contribution in [0, 0.1) is 5.82 Å². The van der Waals surface area contributed by atoms with Gasteiger partial charge in [-0.25, -0.2) is 9.18 Å². The molecule has 2 amide bonds. The maximum atomic E-state index is 14.8. The number of alkyl halides is 3. The number of amides is 2. The van der Waals surface area contributed by atoms with E-state index in [1.807, 2.05) is 0 Å². The Morgan fingerprint density at radius 1 is 1.19 bits per heavy atom. The lowest BCUT2D eigenvalue weighted by Gasteiger charge is -2.15. The van der Waals surface area contributed by atoms with Gasteiger partial charge < -0.3 is 15.4 Å². The molecule has 1 fully saturated rings. The van der Waals surface area contributed by atoms with Crippen LogP contribution in [0.2, 0.25) is 0 Å². The molecular formula is C22H23F4N3O3. The molecule has 3 rings (SSSR count). The summed E-state index contributed by atoms with van der Waals surface area (Å²) in [6.45, 7) is 1.82. The zero-order valence-electron chi connectivity index (χ0n) is 17.3. The fraction of sp³-hybridized carbons (Fsp3) is 0.364. The number of cyclic esters (lactones) is 1. The molecule has 2 aromatic rings. The van der Waals surface area contributed by atoms with Crippen molar-refractivity contribution in [3.05, 3.63) is 53.8 Å². The Balaban J connectivity index is 1.61. The van der Waals surface area contributed by atoms with Crippen molar-refractivity contribution < 1.29 is 31.9 Å². The van der Waals surface area contributed by atoms with Gasteiger partial charge in [0.05, 0.1) is 25.2 Å². The number of rotatable bonds is 8. The molecular weight excluding hydrogens is 430 g/mol. The van der Waals surface area contributed by atoms with E-state index >= 15 is 0 Å². The average molecular weight is 453 g/mol. The fourth-order valence-electron chi connectivity index (χ4n) is 3.27. The minimum atomic E-state index is -4.20. The first-order valence-corrected chi connectivity index (χ1v) is 10.0. The highest BCUT2D eigenvalue weighted by Crippen LogP contribution is 2.29. The maximum Gasteiger partial charge on any atom is 0.414 e. The smallest absolute Gasteiger partial charge is 0.414 e. The van der Waals surface area contributed by atoms with Crippen molar-refractivity contribution in [3.8, 4) is 11.1 Å². The number of ether oxygens (including phenoxy) is 1. The Morgan fingerprint density at radius 2 is 1.91 bits per heavy atom. The van der Waals surface area contributed by atoms with Crippen LogP contribution in [-0.4, -0.2) is 43.9 Å². The van der Waals surface area contributed by atoms with Crippen molar-refractivity contribution in [2.75, 3.05) is 24.5 Å². The largest absolute Gasteiger partial charge is 0.442 e. The molecule has 0 spiro atoms. The van der Waals surface area contributed by atoms with Gasteiger partial charge in [0.2, 0.25) is 5.91 Å². The lowest BCUT2D eigenvalue weighted by atomic mass is 10.0. The van der Waals surface area contributed by atoms with Crippen LogP contribution in [0.25, 0.3) is 11.1 Å². The first kappa shape index (κ1) is 23.5. The number of nitrogens with one attached hydrogen (secondary N) is 2. The van der Waals surface area contributed by atoms with Crippen molar-refractivity contribution in [3.63, 3.8) is 0 Å². The molecule has 1 aliphatic rings. The van der Waals surface area contributed by atoms with Gasteiger partial charge in [0.1, 0.15) is 11.9 Å². The molecule has 0 saturated carbocycles. The molecule has 1 heterocycles. The summed E-state index contributed by atoms with van der Waals surface area (Å²) in [7, 11) is 0. The molecule has 0 radical (unpaired) electrons. The number of carbonyl (C=O) groups excluding carboxylic acids is 2. The van der Waals surface area contributed by atoms with E-state index in [1.165, 1.54) is 17.9 Å². The van der Waals surface area contributed by atoms with Gasteiger partial charge in [0, 0.05) is 25.6 Å². The summed E-state index contributed by atoms with van der Waals surface area (Å²) < 4.78 is 56.5. The van der Waals surface area contributed by atoms with Gasteiger partial charge >= 0.3 is 12.3 Å². The second-order valence-corrected chi connectivity index (χ2v) is 7.46. The van der Waals surface area contributed by atoms with Crippen LogP contribution in [0.4, 0.5) is 28.0 Å². The normalized spacial score (nSPS) is 16.2. The third kappa shape index (κ3) is 6.43. The van der Waals surface area contributed by atoms with Crippen LogP contribution in [0.15, 0.2) is 42.5 Å². The molecule has 0 aromatic heterocycles. The first-order chi connectivity index (χ1) is 15.1. The van der Waals surface area contributed by atoms with Gasteiger partial charge in [0.15, 0.2) is 0 Å². The summed E-state index contributed by atoms with van der Waals surface area (Å²) in [6, 6.07) is 11.2. The molecule has 0 unspecified atom stereocenters. The van der Waals surface area contributed by atoms with Crippen LogP contribution in [0.1, 0.15) is 18.9 Å². The number of nitrogens with zero attached hydrogens (tertiary/aromatic N) is 1. The highest BCUT2D eigenvalue weighted by Gasteiger charge is 2.32. The quantitative estimate of drug-likeness (QED) is 0.468.